The van der Waals surface area contributed by atoms with Crippen molar-refractivity contribution in [1.82, 2.24) is 0 Å². The molecular weight excluding hydrogens is 270 g/mol. The minimum absolute atomic E-state index is 0.0806. The lowest BCUT2D eigenvalue weighted by atomic mass is 10.0. The van der Waals surface area contributed by atoms with E-state index in [2.05, 4.69) is 0 Å². The summed E-state index contributed by atoms with van der Waals surface area (Å²) in [4.78, 5) is 30.4. The van der Waals surface area contributed by atoms with Crippen molar-refractivity contribution in [2.75, 3.05) is 11.9 Å². The zero-order valence-electron chi connectivity index (χ0n) is 13.2. The number of para-hydroxylation sites is 1. The van der Waals surface area contributed by atoms with Crippen molar-refractivity contribution in [3.8, 4) is 0 Å². The Bertz CT molecular complexity index is 451. The number of rotatable bonds is 5. The molecule has 1 atom stereocenters. The van der Waals surface area contributed by atoms with E-state index in [4.69, 9.17) is 14.3 Å². The molecule has 0 aliphatic carbocycles. The van der Waals surface area contributed by atoms with Crippen LogP contribution in [0.4, 0.5) is 5.69 Å². The van der Waals surface area contributed by atoms with Crippen LogP contribution in [0.3, 0.4) is 0 Å². The third-order valence-corrected chi connectivity index (χ3v) is 2.81. The molecule has 1 unspecified atom stereocenters. The smallest absolute Gasteiger partial charge is 0.373 e. The number of carbonyl (C=O) groups is 1. The number of benzene rings is 1. The Labute approximate surface area is 125 Å². The molecule has 21 heavy (non-hydrogen) atoms. The first-order valence-electron chi connectivity index (χ1n) is 6.82. The highest BCUT2D eigenvalue weighted by molar-refractivity contribution is 5.80. The lowest BCUT2D eigenvalue weighted by Gasteiger charge is -2.31. The second-order valence-electron chi connectivity index (χ2n) is 5.20. The second kappa shape index (κ2) is 9.72. The van der Waals surface area contributed by atoms with Crippen molar-refractivity contribution < 1.29 is 19.1 Å². The molecule has 0 bridgehead atoms. The fraction of sp³-hybridized carbons (Fsp3) is 0.500. The first-order chi connectivity index (χ1) is 9.84. The quantitative estimate of drug-likeness (QED) is 0.781. The van der Waals surface area contributed by atoms with Gasteiger partial charge in [-0.25, -0.2) is 4.79 Å². The van der Waals surface area contributed by atoms with Gasteiger partial charge in [0.25, 0.3) is 0 Å². The number of likely N-dealkylation sites (N-methyl/N-ethyl adjacent to an activating group) is 1. The number of carbonyl (C=O) groups excluding carboxylic acids is 3. The largest absolute Gasteiger partial charge is 0.461 e. The molecule has 0 N–H and O–H groups in total. The van der Waals surface area contributed by atoms with Gasteiger partial charge in [0, 0.05) is 12.7 Å². The molecule has 0 saturated heterocycles. The highest BCUT2D eigenvalue weighted by Crippen LogP contribution is 2.20. The molecule has 0 amide bonds. The SMILES string of the molecule is CC(C)OC(=O)C(C(C)C)N(C)c1ccccc1.O=C=O. The summed E-state index contributed by atoms with van der Waals surface area (Å²) in [5.74, 6) is 0.0350. The first kappa shape index (κ1) is 18.9. The van der Waals surface area contributed by atoms with E-state index in [9.17, 15) is 4.79 Å². The van der Waals surface area contributed by atoms with E-state index in [1.165, 1.54) is 0 Å². The average molecular weight is 293 g/mol. The Kier molecular flexibility index (Phi) is 8.74. The molecule has 0 radical (unpaired) electrons. The van der Waals surface area contributed by atoms with Gasteiger partial charge in [0.15, 0.2) is 0 Å². The van der Waals surface area contributed by atoms with E-state index in [0.29, 0.717) is 0 Å². The van der Waals surface area contributed by atoms with Crippen molar-refractivity contribution in [3.05, 3.63) is 30.3 Å². The summed E-state index contributed by atoms with van der Waals surface area (Å²) >= 11 is 0. The number of hydrogen-bond acceptors (Lipinski definition) is 5. The van der Waals surface area contributed by atoms with E-state index in [0.717, 1.165) is 5.69 Å². The van der Waals surface area contributed by atoms with Crippen molar-refractivity contribution in [2.45, 2.75) is 39.8 Å². The lowest BCUT2D eigenvalue weighted by Crippen LogP contribution is -2.44. The highest BCUT2D eigenvalue weighted by atomic mass is 16.5. The van der Waals surface area contributed by atoms with Gasteiger partial charge in [-0.15, -0.1) is 0 Å². The summed E-state index contributed by atoms with van der Waals surface area (Å²) in [6.07, 6.45) is 0.169. The molecule has 0 aliphatic heterocycles. The predicted molar refractivity (Wildman–Crippen MR) is 79.7 cm³/mol. The standard InChI is InChI=1S/C15H23NO2.CO2/c1-11(2)14(15(17)18-12(3)4)16(5)13-9-7-6-8-10-13;2-1-3/h6-12,14H,1-5H3;. The fourth-order valence-corrected chi connectivity index (χ4v) is 2.00. The van der Waals surface area contributed by atoms with Crippen molar-refractivity contribution in [2.24, 2.45) is 5.92 Å². The lowest BCUT2D eigenvalue weighted by molar-refractivity contribution is -0.191. The normalized spacial score (nSPS) is 11.2. The number of esters is 1. The summed E-state index contributed by atoms with van der Waals surface area (Å²) in [6, 6.07) is 9.65. The third kappa shape index (κ3) is 6.72. The van der Waals surface area contributed by atoms with Crippen LogP contribution in [0, 0.1) is 5.92 Å². The van der Waals surface area contributed by atoms with Crippen LogP contribution >= 0.6 is 0 Å². The van der Waals surface area contributed by atoms with Crippen LogP contribution in [0.25, 0.3) is 0 Å². The molecule has 0 heterocycles. The number of anilines is 1. The van der Waals surface area contributed by atoms with Gasteiger partial charge in [0.1, 0.15) is 6.04 Å². The van der Waals surface area contributed by atoms with E-state index >= 15 is 0 Å². The topological polar surface area (TPSA) is 63.7 Å². The molecular formula is C16H23NO4. The van der Waals surface area contributed by atoms with Crippen LogP contribution < -0.4 is 4.90 Å². The van der Waals surface area contributed by atoms with Crippen LogP contribution in [0.1, 0.15) is 27.7 Å². The van der Waals surface area contributed by atoms with Crippen LogP contribution in [0.2, 0.25) is 0 Å². The average Bonchev–Trinajstić information content (AvgIpc) is 2.39. The van der Waals surface area contributed by atoms with Gasteiger partial charge < -0.3 is 9.64 Å². The van der Waals surface area contributed by atoms with Crippen LogP contribution in [0.5, 0.6) is 0 Å². The maximum atomic E-state index is 12.1. The van der Waals surface area contributed by atoms with Crippen LogP contribution in [-0.2, 0) is 19.1 Å². The van der Waals surface area contributed by atoms with E-state index in [1.807, 2.05) is 70.0 Å². The van der Waals surface area contributed by atoms with Gasteiger partial charge in [0.05, 0.1) is 6.10 Å². The number of hydrogen-bond donors (Lipinski definition) is 0. The van der Waals surface area contributed by atoms with Gasteiger partial charge in [-0.05, 0) is 31.9 Å². The monoisotopic (exact) mass is 293 g/mol. The van der Waals surface area contributed by atoms with Gasteiger partial charge >= 0.3 is 12.1 Å². The minimum atomic E-state index is -0.255. The second-order valence-corrected chi connectivity index (χ2v) is 5.20. The van der Waals surface area contributed by atoms with Crippen LogP contribution in [-0.4, -0.2) is 31.3 Å². The van der Waals surface area contributed by atoms with Crippen molar-refractivity contribution in [1.29, 1.82) is 0 Å². The minimum Gasteiger partial charge on any atom is -0.461 e. The summed E-state index contributed by atoms with van der Waals surface area (Å²) in [6.45, 7) is 7.81. The molecule has 0 saturated carbocycles. The maximum Gasteiger partial charge on any atom is 0.373 e. The fourth-order valence-electron chi connectivity index (χ4n) is 2.00. The van der Waals surface area contributed by atoms with Gasteiger partial charge in [0.2, 0.25) is 0 Å². The molecule has 1 aromatic carbocycles. The van der Waals surface area contributed by atoms with Crippen molar-refractivity contribution >= 4 is 17.8 Å². The Morgan fingerprint density at radius 3 is 1.95 bits per heavy atom. The summed E-state index contributed by atoms with van der Waals surface area (Å²) < 4.78 is 5.34. The van der Waals surface area contributed by atoms with Gasteiger partial charge in [-0.3, -0.25) is 0 Å². The number of ether oxygens (including phenoxy) is 1. The van der Waals surface area contributed by atoms with E-state index in [1.54, 1.807) is 0 Å². The summed E-state index contributed by atoms with van der Waals surface area (Å²) in [5.41, 5.74) is 1.02. The molecule has 5 nitrogen and oxygen atoms in total. The molecule has 0 aliphatic rings. The zero-order chi connectivity index (χ0) is 16.4. The van der Waals surface area contributed by atoms with Gasteiger partial charge in [-0.2, -0.15) is 9.59 Å². The van der Waals surface area contributed by atoms with E-state index < -0.39 is 0 Å². The molecule has 1 aromatic rings. The number of nitrogens with zero attached hydrogens (tertiary/aromatic N) is 1. The third-order valence-electron chi connectivity index (χ3n) is 2.81. The molecule has 0 spiro atoms. The Balaban J connectivity index is 0.00000122. The molecule has 0 aromatic heterocycles. The molecule has 5 heteroatoms. The zero-order valence-corrected chi connectivity index (χ0v) is 13.2. The first-order valence-corrected chi connectivity index (χ1v) is 6.82. The molecule has 1 rings (SSSR count). The van der Waals surface area contributed by atoms with Crippen LogP contribution in [0.15, 0.2) is 30.3 Å². The highest BCUT2D eigenvalue weighted by Gasteiger charge is 2.28. The predicted octanol–water partition coefficient (Wildman–Crippen LogP) is 2.52. The Morgan fingerprint density at radius 1 is 1.10 bits per heavy atom. The summed E-state index contributed by atoms with van der Waals surface area (Å²) in [5, 5.41) is 0. The van der Waals surface area contributed by atoms with Crippen molar-refractivity contribution in [3.63, 3.8) is 0 Å². The Hall–Kier alpha value is -2.13. The molecule has 0 fully saturated rings. The van der Waals surface area contributed by atoms with Gasteiger partial charge in [-0.1, -0.05) is 32.0 Å². The maximum absolute atomic E-state index is 12.1. The summed E-state index contributed by atoms with van der Waals surface area (Å²) in [7, 11) is 1.93. The Morgan fingerprint density at radius 2 is 1.57 bits per heavy atom. The van der Waals surface area contributed by atoms with E-state index in [-0.39, 0.29) is 30.2 Å². The molecule has 116 valence electrons.